The van der Waals surface area contributed by atoms with Gasteiger partial charge < -0.3 is 14.8 Å². The van der Waals surface area contributed by atoms with Crippen molar-refractivity contribution in [2.75, 3.05) is 12.4 Å². The number of benzene rings is 2. The minimum absolute atomic E-state index is 0.211. The zero-order valence-corrected chi connectivity index (χ0v) is 17.0. The van der Waals surface area contributed by atoms with Crippen LogP contribution in [-0.4, -0.2) is 27.7 Å². The maximum Gasteiger partial charge on any atom is 0.277 e. The van der Waals surface area contributed by atoms with E-state index < -0.39 is 10.8 Å². The second kappa shape index (κ2) is 8.25. The van der Waals surface area contributed by atoms with E-state index in [4.69, 9.17) is 9.47 Å². The first-order valence-corrected chi connectivity index (χ1v) is 9.05. The molecule has 1 heterocycles. The molecule has 2 aromatic carbocycles. The fourth-order valence-corrected chi connectivity index (χ4v) is 3.16. The number of hydrogen-bond donors (Lipinski definition) is 1. The first-order valence-electron chi connectivity index (χ1n) is 7.97. The predicted molar refractivity (Wildman–Crippen MR) is 110 cm³/mol. The molecule has 1 N–H and O–H groups in total. The van der Waals surface area contributed by atoms with Gasteiger partial charge in [-0.15, -0.1) is 0 Å². The molecule has 28 heavy (non-hydrogen) atoms. The normalized spacial score (nSPS) is 10.4. The molecule has 0 atom stereocenters. The van der Waals surface area contributed by atoms with Crippen molar-refractivity contribution in [3.8, 4) is 17.2 Å². The number of nitrogens with zero attached hydrogens (tertiary/aromatic N) is 3. The van der Waals surface area contributed by atoms with E-state index in [0.29, 0.717) is 15.1 Å². The third-order valence-electron chi connectivity index (χ3n) is 3.65. The Bertz CT molecular complexity index is 1030. The van der Waals surface area contributed by atoms with Crippen LogP contribution in [0.15, 0.2) is 48.7 Å². The van der Waals surface area contributed by atoms with Crippen molar-refractivity contribution in [3.63, 3.8) is 0 Å². The Labute approximate surface area is 173 Å². The average Bonchev–Trinajstić information content (AvgIpc) is 3.00. The molecule has 0 aliphatic carbocycles. The molecule has 0 aliphatic heterocycles. The van der Waals surface area contributed by atoms with Crippen molar-refractivity contribution < 1.29 is 19.2 Å². The number of aromatic nitrogens is 2. The molecule has 0 fully saturated rings. The number of ether oxygens (including phenoxy) is 2. The number of anilines is 1. The fraction of sp³-hybridized carbons (Fsp3) is 0.111. The quantitative estimate of drug-likeness (QED) is 0.316. The van der Waals surface area contributed by atoms with Gasteiger partial charge in [0.05, 0.1) is 27.4 Å². The Morgan fingerprint density at radius 3 is 2.43 bits per heavy atom. The molecule has 1 amide bonds. The van der Waals surface area contributed by atoms with Gasteiger partial charge in [0.2, 0.25) is 0 Å². The Hall–Kier alpha value is -3.15. The molecule has 9 nitrogen and oxygen atoms in total. The number of rotatable bonds is 6. The molecule has 0 spiro atoms. The van der Waals surface area contributed by atoms with E-state index in [-0.39, 0.29) is 22.8 Å². The molecule has 0 saturated carbocycles. The number of carbonyl (C=O) groups is 1. The SMILES string of the molecule is COc1ccc(Oc2cc(NC(=O)c3nn(C)cc3I)cc([N+](=O)[O-])c2)cc1. The molecule has 3 aromatic rings. The summed E-state index contributed by atoms with van der Waals surface area (Å²) in [6.07, 6.45) is 1.70. The van der Waals surface area contributed by atoms with E-state index in [0.717, 1.165) is 0 Å². The summed E-state index contributed by atoms with van der Waals surface area (Å²) >= 11 is 2.00. The highest BCUT2D eigenvalue weighted by Gasteiger charge is 2.17. The average molecular weight is 494 g/mol. The van der Waals surface area contributed by atoms with Gasteiger partial charge in [-0.05, 0) is 46.9 Å². The van der Waals surface area contributed by atoms with E-state index in [1.807, 2.05) is 22.6 Å². The molecule has 0 aliphatic rings. The molecule has 10 heteroatoms. The molecule has 0 unspecified atom stereocenters. The predicted octanol–water partition coefficient (Wildman–Crippen LogP) is 3.99. The van der Waals surface area contributed by atoms with Crippen LogP contribution in [0, 0.1) is 13.7 Å². The van der Waals surface area contributed by atoms with Gasteiger partial charge >= 0.3 is 0 Å². The zero-order valence-electron chi connectivity index (χ0n) is 14.9. The second-order valence-electron chi connectivity index (χ2n) is 5.70. The standard InChI is InChI=1S/C18H15IN4O5/c1-22-10-16(19)17(21-22)18(24)20-11-7-12(23(25)26)9-15(8-11)28-14-5-3-13(27-2)4-6-14/h3-10H,1-2H3,(H,20,24). The van der Waals surface area contributed by atoms with Crippen LogP contribution in [0.25, 0.3) is 0 Å². The monoisotopic (exact) mass is 494 g/mol. The van der Waals surface area contributed by atoms with E-state index in [2.05, 4.69) is 10.4 Å². The number of aryl methyl sites for hydroxylation is 1. The van der Waals surface area contributed by atoms with Crippen LogP contribution in [0.2, 0.25) is 0 Å². The highest BCUT2D eigenvalue weighted by Crippen LogP contribution is 2.30. The number of carbonyl (C=O) groups excluding carboxylic acids is 1. The lowest BCUT2D eigenvalue weighted by atomic mass is 10.2. The number of methoxy groups -OCH3 is 1. The van der Waals surface area contributed by atoms with E-state index >= 15 is 0 Å². The number of nitro groups is 1. The fourth-order valence-electron chi connectivity index (χ4n) is 2.40. The molecular formula is C18H15IN4O5. The second-order valence-corrected chi connectivity index (χ2v) is 6.87. The number of halogens is 1. The van der Waals surface area contributed by atoms with Crippen LogP contribution >= 0.6 is 22.6 Å². The van der Waals surface area contributed by atoms with Crippen LogP contribution < -0.4 is 14.8 Å². The van der Waals surface area contributed by atoms with Gasteiger partial charge in [-0.3, -0.25) is 19.6 Å². The van der Waals surface area contributed by atoms with Gasteiger partial charge in [-0.1, -0.05) is 0 Å². The Kier molecular flexibility index (Phi) is 5.78. The zero-order chi connectivity index (χ0) is 20.3. The number of nitrogens with one attached hydrogen (secondary N) is 1. The first kappa shape index (κ1) is 19.6. The summed E-state index contributed by atoms with van der Waals surface area (Å²) in [5, 5.41) is 18.0. The Balaban J connectivity index is 1.87. The summed E-state index contributed by atoms with van der Waals surface area (Å²) in [7, 11) is 3.25. The molecular weight excluding hydrogens is 479 g/mol. The summed E-state index contributed by atoms with van der Waals surface area (Å²) in [4.78, 5) is 23.2. The summed E-state index contributed by atoms with van der Waals surface area (Å²) in [5.74, 6) is 0.869. The van der Waals surface area contributed by atoms with Crippen molar-refractivity contribution >= 4 is 39.9 Å². The maximum atomic E-state index is 12.5. The highest BCUT2D eigenvalue weighted by atomic mass is 127. The topological polar surface area (TPSA) is 109 Å². The van der Waals surface area contributed by atoms with Crippen LogP contribution in [0.3, 0.4) is 0 Å². The molecule has 0 bridgehead atoms. The van der Waals surface area contributed by atoms with Gasteiger partial charge in [0.15, 0.2) is 5.69 Å². The van der Waals surface area contributed by atoms with Gasteiger partial charge in [0.25, 0.3) is 11.6 Å². The van der Waals surface area contributed by atoms with Crippen LogP contribution in [0.5, 0.6) is 17.2 Å². The van der Waals surface area contributed by atoms with Crippen molar-refractivity contribution in [1.82, 2.24) is 9.78 Å². The number of hydrogen-bond acceptors (Lipinski definition) is 6. The molecule has 1 aromatic heterocycles. The number of nitro benzene ring substituents is 1. The minimum Gasteiger partial charge on any atom is -0.497 e. The van der Waals surface area contributed by atoms with Gasteiger partial charge in [0.1, 0.15) is 17.2 Å². The van der Waals surface area contributed by atoms with Gasteiger partial charge in [-0.2, -0.15) is 5.10 Å². The lowest BCUT2D eigenvalue weighted by Crippen LogP contribution is -2.14. The number of amides is 1. The summed E-state index contributed by atoms with van der Waals surface area (Å²) in [6.45, 7) is 0. The smallest absolute Gasteiger partial charge is 0.277 e. The highest BCUT2D eigenvalue weighted by molar-refractivity contribution is 14.1. The summed E-state index contributed by atoms with van der Waals surface area (Å²) < 4.78 is 13.0. The van der Waals surface area contributed by atoms with Gasteiger partial charge in [-0.25, -0.2) is 0 Å². The minimum atomic E-state index is -0.555. The molecule has 0 saturated heterocycles. The maximum absolute atomic E-state index is 12.5. The van der Waals surface area contributed by atoms with Crippen molar-refractivity contribution in [2.24, 2.45) is 7.05 Å². The third kappa shape index (κ3) is 4.57. The largest absolute Gasteiger partial charge is 0.497 e. The number of non-ortho nitro benzene ring substituents is 1. The summed E-state index contributed by atoms with van der Waals surface area (Å²) in [5.41, 5.74) is 0.244. The van der Waals surface area contributed by atoms with Crippen LogP contribution in [0.1, 0.15) is 10.5 Å². The van der Waals surface area contributed by atoms with Crippen molar-refractivity contribution in [1.29, 1.82) is 0 Å². The molecule has 3 rings (SSSR count). The van der Waals surface area contributed by atoms with Crippen molar-refractivity contribution in [3.05, 3.63) is 68.0 Å². The first-order chi connectivity index (χ1) is 13.4. The van der Waals surface area contributed by atoms with Crippen molar-refractivity contribution in [2.45, 2.75) is 0 Å². The third-order valence-corrected chi connectivity index (χ3v) is 4.44. The molecule has 0 radical (unpaired) electrons. The lowest BCUT2D eigenvalue weighted by Gasteiger charge is -2.09. The van der Waals surface area contributed by atoms with E-state index in [9.17, 15) is 14.9 Å². The van der Waals surface area contributed by atoms with E-state index in [1.165, 1.54) is 22.9 Å². The molecule has 144 valence electrons. The van der Waals surface area contributed by atoms with E-state index in [1.54, 1.807) is 44.6 Å². The Morgan fingerprint density at radius 1 is 1.18 bits per heavy atom. The van der Waals surface area contributed by atoms with Crippen LogP contribution in [-0.2, 0) is 7.05 Å². The Morgan fingerprint density at radius 2 is 1.86 bits per heavy atom. The van der Waals surface area contributed by atoms with Crippen LogP contribution in [0.4, 0.5) is 11.4 Å². The lowest BCUT2D eigenvalue weighted by molar-refractivity contribution is -0.384. The van der Waals surface area contributed by atoms with Gasteiger partial charge in [0, 0.05) is 25.4 Å². The summed E-state index contributed by atoms with van der Waals surface area (Å²) in [6, 6.07) is 10.8.